The maximum atomic E-state index is 10.8. The predicted molar refractivity (Wildman–Crippen MR) is 121 cm³/mol. The highest BCUT2D eigenvalue weighted by molar-refractivity contribution is 6.14. The minimum absolute atomic E-state index is 0. The molecule has 0 N–H and O–H groups in total. The second-order valence-electron chi connectivity index (χ2n) is 7.51. The molecule has 0 atom stereocenters. The van der Waals surface area contributed by atoms with Crippen LogP contribution in [0.25, 0.3) is 21.5 Å². The van der Waals surface area contributed by atoms with E-state index in [2.05, 4.69) is 53.3 Å². The van der Waals surface area contributed by atoms with Crippen LogP contribution in [0.15, 0.2) is 72.8 Å². The Balaban J connectivity index is 0.000000157. The third-order valence-corrected chi connectivity index (χ3v) is 5.81. The fourth-order valence-electron chi connectivity index (χ4n) is 4.38. The fourth-order valence-corrected chi connectivity index (χ4v) is 4.38. The Morgan fingerprint density at radius 2 is 1.23 bits per heavy atom. The molecular formula is C27H24O3. The number of esters is 2. The lowest BCUT2D eigenvalue weighted by molar-refractivity contribution is 0.0444. The molecule has 3 heteroatoms. The minimum Gasteiger partial charge on any atom is -0.386 e. The van der Waals surface area contributed by atoms with Crippen molar-refractivity contribution in [2.75, 3.05) is 0 Å². The van der Waals surface area contributed by atoms with Crippen LogP contribution in [-0.4, -0.2) is 11.9 Å². The maximum Gasteiger partial charge on any atom is 0.346 e. The van der Waals surface area contributed by atoms with Crippen molar-refractivity contribution in [1.82, 2.24) is 0 Å². The third-order valence-electron chi connectivity index (χ3n) is 5.81. The van der Waals surface area contributed by atoms with Crippen molar-refractivity contribution in [2.45, 2.75) is 33.1 Å². The first-order valence-electron chi connectivity index (χ1n) is 10.00. The second-order valence-corrected chi connectivity index (χ2v) is 7.51. The lowest BCUT2D eigenvalue weighted by Crippen LogP contribution is -2.02. The summed E-state index contributed by atoms with van der Waals surface area (Å²) >= 11 is 0. The van der Waals surface area contributed by atoms with Gasteiger partial charge < -0.3 is 4.74 Å². The number of aryl methyl sites for hydroxylation is 2. The Kier molecular flexibility index (Phi) is 5.37. The average molecular weight is 396 g/mol. The summed E-state index contributed by atoms with van der Waals surface area (Å²) in [5.41, 5.74) is 3.89. The molecule has 4 aromatic carbocycles. The van der Waals surface area contributed by atoms with Crippen LogP contribution >= 0.6 is 0 Å². The highest BCUT2D eigenvalue weighted by Crippen LogP contribution is 2.33. The first-order valence-corrected chi connectivity index (χ1v) is 10.00. The molecule has 30 heavy (non-hydrogen) atoms. The van der Waals surface area contributed by atoms with E-state index in [4.69, 9.17) is 0 Å². The number of carbonyl (C=O) groups excluding carboxylic acids is 2. The quantitative estimate of drug-likeness (QED) is 0.193. The van der Waals surface area contributed by atoms with Crippen molar-refractivity contribution >= 4 is 33.5 Å². The second kappa shape index (κ2) is 8.11. The lowest BCUT2D eigenvalue weighted by Gasteiger charge is -2.18. The van der Waals surface area contributed by atoms with Crippen molar-refractivity contribution in [3.05, 3.63) is 95.1 Å². The Hall–Kier alpha value is -3.46. The normalized spacial score (nSPS) is 14.3. The van der Waals surface area contributed by atoms with Crippen molar-refractivity contribution in [3.8, 4) is 0 Å². The van der Waals surface area contributed by atoms with Gasteiger partial charge in [-0.1, -0.05) is 68.1 Å². The van der Waals surface area contributed by atoms with Gasteiger partial charge in [0.1, 0.15) is 0 Å². The van der Waals surface area contributed by atoms with E-state index in [1.807, 2.05) is 0 Å². The van der Waals surface area contributed by atoms with E-state index in [1.165, 1.54) is 47.2 Å². The molecule has 0 radical (unpaired) electrons. The predicted octanol–water partition coefficient (Wildman–Crippen LogP) is 6.51. The van der Waals surface area contributed by atoms with Gasteiger partial charge in [-0.25, -0.2) is 9.59 Å². The highest BCUT2D eigenvalue weighted by Gasteiger charge is 2.28. The molecule has 0 amide bonds. The summed E-state index contributed by atoms with van der Waals surface area (Å²) in [4.78, 5) is 21.7. The molecule has 150 valence electrons. The van der Waals surface area contributed by atoms with Crippen molar-refractivity contribution < 1.29 is 14.3 Å². The summed E-state index contributed by atoms with van der Waals surface area (Å²) in [6.07, 6.45) is 5.22. The van der Waals surface area contributed by atoms with Crippen molar-refractivity contribution in [1.29, 1.82) is 0 Å². The molecule has 0 saturated heterocycles. The summed E-state index contributed by atoms with van der Waals surface area (Å²) in [6, 6.07) is 24.5. The van der Waals surface area contributed by atoms with Gasteiger partial charge in [0.15, 0.2) is 0 Å². The third kappa shape index (κ3) is 3.37. The lowest BCUT2D eigenvalue weighted by atomic mass is 9.86. The topological polar surface area (TPSA) is 43.4 Å². The Bertz CT molecular complexity index is 1240. The summed E-state index contributed by atoms with van der Waals surface area (Å²) in [6.45, 7) is 0. The molecular weight excluding hydrogens is 372 g/mol. The van der Waals surface area contributed by atoms with Crippen molar-refractivity contribution in [3.63, 3.8) is 0 Å². The van der Waals surface area contributed by atoms with E-state index in [1.54, 1.807) is 35.4 Å². The van der Waals surface area contributed by atoms with E-state index in [9.17, 15) is 9.59 Å². The van der Waals surface area contributed by atoms with Crippen LogP contribution in [0.5, 0.6) is 0 Å². The number of hydrogen-bond acceptors (Lipinski definition) is 3. The zero-order valence-corrected chi connectivity index (χ0v) is 16.0. The molecule has 0 unspecified atom stereocenters. The largest absolute Gasteiger partial charge is 0.386 e. The smallest absolute Gasteiger partial charge is 0.346 e. The summed E-state index contributed by atoms with van der Waals surface area (Å²) in [5, 5.41) is 5.64. The first kappa shape index (κ1) is 19.8. The molecule has 1 aliphatic carbocycles. The molecule has 0 fully saturated rings. The van der Waals surface area contributed by atoms with Gasteiger partial charge in [-0.3, -0.25) is 0 Å². The molecule has 2 aliphatic rings. The number of ether oxygens (including phenoxy) is 1. The van der Waals surface area contributed by atoms with Crippen LogP contribution in [0.4, 0.5) is 0 Å². The number of cyclic esters (lactones) is 2. The van der Waals surface area contributed by atoms with Gasteiger partial charge in [0.2, 0.25) is 0 Å². The zero-order chi connectivity index (χ0) is 19.8. The van der Waals surface area contributed by atoms with Gasteiger partial charge in [0, 0.05) is 0 Å². The zero-order valence-electron chi connectivity index (χ0n) is 16.0. The number of hydrogen-bond donors (Lipinski definition) is 0. The highest BCUT2D eigenvalue weighted by atomic mass is 16.6. The Morgan fingerprint density at radius 3 is 2.00 bits per heavy atom. The van der Waals surface area contributed by atoms with Crippen LogP contribution in [-0.2, 0) is 17.6 Å². The molecule has 1 heterocycles. The monoisotopic (exact) mass is 396 g/mol. The minimum atomic E-state index is -0.550. The summed E-state index contributed by atoms with van der Waals surface area (Å²) in [5.74, 6) is -1.10. The van der Waals surface area contributed by atoms with Gasteiger partial charge in [0.25, 0.3) is 0 Å². The molecule has 0 saturated carbocycles. The van der Waals surface area contributed by atoms with E-state index >= 15 is 0 Å². The van der Waals surface area contributed by atoms with Gasteiger partial charge >= 0.3 is 11.9 Å². The molecule has 0 spiro atoms. The molecule has 0 bridgehead atoms. The SMILES string of the molecule is C.O=C1OC(=O)c2ccccc21.c1ccc2c(c1)ccc1c3c(ccc12)CCCC3. The van der Waals surface area contributed by atoms with Crippen LogP contribution in [0, 0.1) is 0 Å². The summed E-state index contributed by atoms with van der Waals surface area (Å²) < 4.78 is 4.35. The van der Waals surface area contributed by atoms with Gasteiger partial charge in [0.05, 0.1) is 11.1 Å². The van der Waals surface area contributed by atoms with Crippen LogP contribution in [0.2, 0.25) is 0 Å². The van der Waals surface area contributed by atoms with Gasteiger partial charge in [-0.15, -0.1) is 0 Å². The van der Waals surface area contributed by atoms with Crippen LogP contribution in [0.3, 0.4) is 0 Å². The summed E-state index contributed by atoms with van der Waals surface area (Å²) in [7, 11) is 0. The number of carbonyl (C=O) groups is 2. The number of fused-ring (bicyclic) bond motifs is 6. The van der Waals surface area contributed by atoms with E-state index < -0.39 is 11.9 Å². The maximum absolute atomic E-state index is 10.8. The molecule has 3 nitrogen and oxygen atoms in total. The van der Waals surface area contributed by atoms with E-state index in [0.29, 0.717) is 11.1 Å². The fraction of sp³-hybridized carbons (Fsp3) is 0.185. The van der Waals surface area contributed by atoms with Crippen LogP contribution < -0.4 is 0 Å². The van der Waals surface area contributed by atoms with Gasteiger partial charge in [-0.2, -0.15) is 0 Å². The number of rotatable bonds is 0. The number of benzene rings is 4. The molecule has 4 aromatic rings. The first-order chi connectivity index (χ1) is 14.2. The van der Waals surface area contributed by atoms with Gasteiger partial charge in [-0.05, 0) is 70.5 Å². The average Bonchev–Trinajstić information content (AvgIpc) is 3.07. The molecule has 1 aliphatic heterocycles. The van der Waals surface area contributed by atoms with E-state index in [-0.39, 0.29) is 7.43 Å². The van der Waals surface area contributed by atoms with E-state index in [0.717, 1.165) is 0 Å². The standard InChI is InChI=1S/C18H16.C8H4O3.CH4/c1-3-7-15-13(5-1)9-11-18-16-8-4-2-6-14(16)10-12-17(15)18;9-7-5-3-1-2-4-6(5)8(10)11-7;/h1,3,5,7,9-12H,2,4,6,8H2;1-4H;1H4. The van der Waals surface area contributed by atoms with Crippen molar-refractivity contribution in [2.24, 2.45) is 0 Å². The molecule has 0 aromatic heterocycles. The van der Waals surface area contributed by atoms with Crippen LogP contribution in [0.1, 0.15) is 52.1 Å². The molecule has 6 rings (SSSR count). The Labute approximate surface area is 176 Å². The Morgan fingerprint density at radius 1 is 0.600 bits per heavy atom.